The number of carbonyl (C=O) groups excluding carboxylic acids is 2. The van der Waals surface area contributed by atoms with E-state index < -0.39 is 0 Å². The van der Waals surface area contributed by atoms with Crippen LogP contribution >= 0.6 is 0 Å². The number of quaternary nitrogens is 1. The minimum Gasteiger partial charge on any atom is -0.468 e. The van der Waals surface area contributed by atoms with E-state index in [4.69, 9.17) is 9.47 Å². The van der Waals surface area contributed by atoms with Crippen molar-refractivity contribution >= 4 is 11.9 Å². The van der Waals surface area contributed by atoms with E-state index in [9.17, 15) is 9.59 Å². The van der Waals surface area contributed by atoms with E-state index in [1.807, 2.05) is 7.11 Å². The average molecular weight is 466 g/mol. The number of nitrogens with two attached hydrogens (primary N) is 1. The summed E-state index contributed by atoms with van der Waals surface area (Å²) in [6.45, 7) is 5.74. The van der Waals surface area contributed by atoms with E-state index in [0.717, 1.165) is 57.8 Å². The molecule has 0 aromatic heterocycles. The highest BCUT2D eigenvalue weighted by Gasteiger charge is 2.48. The van der Waals surface area contributed by atoms with Gasteiger partial charge in [-0.05, 0) is 63.2 Å². The van der Waals surface area contributed by atoms with Gasteiger partial charge in [0.25, 0.3) is 0 Å². The Hall–Kier alpha value is -1.22. The number of amides is 1. The van der Waals surface area contributed by atoms with E-state index in [1.165, 1.54) is 39.3 Å². The van der Waals surface area contributed by atoms with Crippen molar-refractivity contribution in [3.05, 3.63) is 0 Å². The van der Waals surface area contributed by atoms with Crippen molar-refractivity contribution in [2.24, 2.45) is 11.8 Å². The molecule has 0 bridgehead atoms. The van der Waals surface area contributed by atoms with Crippen LogP contribution in [0, 0.1) is 11.8 Å². The van der Waals surface area contributed by atoms with Crippen LogP contribution in [0.3, 0.4) is 0 Å². The molecule has 4 aliphatic rings. The maximum Gasteiger partial charge on any atom is 0.323 e. The van der Waals surface area contributed by atoms with E-state index in [0.29, 0.717) is 30.1 Å². The molecule has 0 aromatic rings. The predicted molar refractivity (Wildman–Crippen MR) is 125 cm³/mol. The monoisotopic (exact) mass is 465 g/mol. The average Bonchev–Trinajstić information content (AvgIpc) is 3.21. The van der Waals surface area contributed by atoms with Crippen molar-refractivity contribution in [2.75, 3.05) is 40.5 Å². The highest BCUT2D eigenvalue weighted by atomic mass is 16.5. The number of nitrogens with one attached hydrogen (secondary N) is 1. The van der Waals surface area contributed by atoms with Gasteiger partial charge in [0.15, 0.2) is 0 Å². The van der Waals surface area contributed by atoms with Gasteiger partial charge in [0.05, 0.1) is 19.3 Å². The summed E-state index contributed by atoms with van der Waals surface area (Å²) in [5.74, 6) is 1.34. The molecule has 2 aliphatic carbocycles. The standard InChI is InChI=1S/C25H44N4O4/c1-17(30)27-20-8-4-18(5-9-20)13-28-15-24-22(12-23(28)25(31)33-3)26-16-29(24)14-19-6-10-21(32-2)11-7-19/h18-24,26H,4-16H2,1-3H3,(H,27,30)/p+1. The van der Waals surface area contributed by atoms with Crippen LogP contribution in [-0.4, -0.2) is 92.5 Å². The second kappa shape index (κ2) is 11.5. The van der Waals surface area contributed by atoms with Gasteiger partial charge in [0.1, 0.15) is 18.8 Å². The van der Waals surface area contributed by atoms with E-state index in [2.05, 4.69) is 20.4 Å². The lowest BCUT2D eigenvalue weighted by Crippen LogP contribution is -2.89. The minimum atomic E-state index is -0.127. The summed E-state index contributed by atoms with van der Waals surface area (Å²) in [6.07, 6.45) is 10.5. The van der Waals surface area contributed by atoms with Crippen LogP contribution < -0.4 is 10.6 Å². The number of hydrogen-bond acceptors (Lipinski definition) is 6. The zero-order valence-corrected chi connectivity index (χ0v) is 20.8. The van der Waals surface area contributed by atoms with E-state index >= 15 is 0 Å². The molecule has 0 spiro atoms. The van der Waals surface area contributed by atoms with Crippen molar-refractivity contribution in [1.82, 2.24) is 15.1 Å². The summed E-state index contributed by atoms with van der Waals surface area (Å²) < 4.78 is 10.8. The number of carbonyl (C=O) groups is 2. The second-order valence-electron chi connectivity index (χ2n) is 10.9. The predicted octanol–water partition coefficient (Wildman–Crippen LogP) is 0.708. The van der Waals surface area contributed by atoms with Crippen LogP contribution in [0.5, 0.6) is 0 Å². The number of esters is 1. The molecule has 3 unspecified atom stereocenters. The third-order valence-corrected chi connectivity index (χ3v) is 8.80. The molecule has 2 aliphatic heterocycles. The van der Waals surface area contributed by atoms with Crippen molar-refractivity contribution in [3.8, 4) is 0 Å². The topological polar surface area (TPSA) is 87.7 Å². The SMILES string of the molecule is COC(=O)C1CC2[NH2+]CN(CC3CCC(OC)CC3)C2CN1CC1CCC(NC(C)=O)CC1. The largest absolute Gasteiger partial charge is 0.468 e. The number of nitrogens with zero attached hydrogens (tertiary/aromatic N) is 2. The van der Waals surface area contributed by atoms with Crippen LogP contribution in [0.4, 0.5) is 0 Å². The molecule has 8 heteroatoms. The minimum absolute atomic E-state index is 0.0690. The van der Waals surface area contributed by atoms with Gasteiger partial charge in [-0.15, -0.1) is 0 Å². The first-order valence-electron chi connectivity index (χ1n) is 13.2. The third-order valence-electron chi connectivity index (χ3n) is 8.80. The normalized spacial score (nSPS) is 38.0. The Morgan fingerprint density at radius 1 is 0.939 bits per heavy atom. The molecule has 8 nitrogen and oxygen atoms in total. The molecule has 33 heavy (non-hydrogen) atoms. The fourth-order valence-corrected chi connectivity index (χ4v) is 6.90. The molecule has 3 atom stereocenters. The smallest absolute Gasteiger partial charge is 0.323 e. The molecule has 1 amide bonds. The Morgan fingerprint density at radius 2 is 1.58 bits per heavy atom. The molecule has 2 heterocycles. The number of rotatable bonds is 7. The molecule has 4 rings (SSSR count). The summed E-state index contributed by atoms with van der Waals surface area (Å²) in [7, 11) is 3.36. The van der Waals surface area contributed by atoms with Crippen molar-refractivity contribution < 1.29 is 24.4 Å². The molecular weight excluding hydrogens is 420 g/mol. The highest BCUT2D eigenvalue weighted by molar-refractivity contribution is 5.76. The number of fused-ring (bicyclic) bond motifs is 1. The molecule has 3 N–H and O–H groups in total. The van der Waals surface area contributed by atoms with E-state index in [-0.39, 0.29) is 17.9 Å². The van der Waals surface area contributed by atoms with Gasteiger partial charge in [0.2, 0.25) is 5.91 Å². The summed E-state index contributed by atoms with van der Waals surface area (Å²) in [5.41, 5.74) is 0. The molecule has 0 aromatic carbocycles. The lowest BCUT2D eigenvalue weighted by molar-refractivity contribution is -0.678. The van der Waals surface area contributed by atoms with Gasteiger partial charge in [-0.25, -0.2) is 4.90 Å². The second-order valence-corrected chi connectivity index (χ2v) is 10.9. The Bertz CT molecular complexity index is 661. The van der Waals surface area contributed by atoms with Gasteiger partial charge in [-0.2, -0.15) is 0 Å². The maximum atomic E-state index is 12.7. The zero-order chi connectivity index (χ0) is 23.4. The van der Waals surface area contributed by atoms with Crippen LogP contribution in [0.1, 0.15) is 64.7 Å². The fraction of sp³-hybridized carbons (Fsp3) is 0.920. The van der Waals surface area contributed by atoms with Gasteiger partial charge < -0.3 is 20.1 Å². The number of hydrogen-bond donors (Lipinski definition) is 2. The number of ether oxygens (including phenoxy) is 2. The molecular formula is C25H45N4O4+. The lowest BCUT2D eigenvalue weighted by Gasteiger charge is -2.43. The van der Waals surface area contributed by atoms with Gasteiger partial charge in [0, 0.05) is 46.1 Å². The van der Waals surface area contributed by atoms with Crippen molar-refractivity contribution in [2.45, 2.75) is 95.0 Å². The Kier molecular flexibility index (Phi) is 8.65. The molecule has 2 saturated heterocycles. The first-order chi connectivity index (χ1) is 16.0. The molecule has 188 valence electrons. The molecule has 0 radical (unpaired) electrons. The maximum absolute atomic E-state index is 12.7. The third kappa shape index (κ3) is 6.27. The summed E-state index contributed by atoms with van der Waals surface area (Å²) in [5, 5.41) is 5.53. The fourth-order valence-electron chi connectivity index (χ4n) is 6.90. The van der Waals surface area contributed by atoms with Crippen molar-refractivity contribution in [3.63, 3.8) is 0 Å². The number of likely N-dealkylation sites (tertiary alicyclic amines) is 1. The highest BCUT2D eigenvalue weighted by Crippen LogP contribution is 2.32. The van der Waals surface area contributed by atoms with Gasteiger partial charge >= 0.3 is 5.97 Å². The first-order valence-corrected chi connectivity index (χ1v) is 13.2. The molecule has 2 saturated carbocycles. The molecule has 4 fully saturated rings. The number of methoxy groups -OCH3 is 2. The quantitative estimate of drug-likeness (QED) is 0.539. The summed E-state index contributed by atoms with van der Waals surface area (Å²) in [6, 6.07) is 1.18. The van der Waals surface area contributed by atoms with Gasteiger partial charge in [-0.3, -0.25) is 14.5 Å². The Morgan fingerprint density at radius 3 is 2.18 bits per heavy atom. The first kappa shape index (κ1) is 24.9. The van der Waals surface area contributed by atoms with Gasteiger partial charge in [-0.1, -0.05) is 0 Å². The van der Waals surface area contributed by atoms with Crippen LogP contribution in [-0.2, 0) is 19.1 Å². The summed E-state index contributed by atoms with van der Waals surface area (Å²) in [4.78, 5) is 29.2. The Labute approximate surface area is 199 Å². The van der Waals surface area contributed by atoms with Crippen LogP contribution in [0.15, 0.2) is 0 Å². The Balaban J connectivity index is 1.34. The van der Waals surface area contributed by atoms with Crippen LogP contribution in [0.2, 0.25) is 0 Å². The lowest BCUT2D eigenvalue weighted by atomic mass is 9.84. The van der Waals surface area contributed by atoms with E-state index in [1.54, 1.807) is 6.92 Å². The van der Waals surface area contributed by atoms with Crippen molar-refractivity contribution in [1.29, 1.82) is 0 Å². The van der Waals surface area contributed by atoms with Crippen LogP contribution in [0.25, 0.3) is 0 Å². The number of piperidine rings is 1. The zero-order valence-electron chi connectivity index (χ0n) is 20.8. The summed E-state index contributed by atoms with van der Waals surface area (Å²) >= 11 is 0.